The molecule has 0 aliphatic carbocycles. The summed E-state index contributed by atoms with van der Waals surface area (Å²) in [5.74, 6) is -1.23. The third kappa shape index (κ3) is 8.40. The first-order valence-corrected chi connectivity index (χ1v) is 16.9. The number of nitrogens with one attached hydrogen (secondary N) is 3. The number of fused-ring (bicyclic) bond motifs is 2. The van der Waals surface area contributed by atoms with Gasteiger partial charge >= 0.3 is 12.0 Å². The minimum atomic E-state index is -5.47. The Morgan fingerprint density at radius 1 is 1.11 bits per heavy atom. The SMILES string of the molecule is CCNC(=O)Nc1ncnc2c1ncn2[C@@H]1O[C@H](COP(=O)([O-])OP(=O)([O-])CNCC(=O)O)C2O[C@H](/C=C/c3ccccc3)O[C@@H]21. The highest BCUT2D eigenvalue weighted by atomic mass is 31.3. The van der Waals surface area contributed by atoms with Crippen LogP contribution in [0, 0.1) is 0 Å². The van der Waals surface area contributed by atoms with Crippen LogP contribution in [0.15, 0.2) is 49.1 Å². The number of carbonyl (C=O) groups excluding carboxylic acids is 1. The number of ether oxygens (including phenoxy) is 3. The third-order valence-electron chi connectivity index (χ3n) is 6.52. The van der Waals surface area contributed by atoms with E-state index in [4.69, 9.17) is 23.8 Å². The Morgan fingerprint density at radius 3 is 2.61 bits per heavy atom. The third-order valence-corrected chi connectivity index (χ3v) is 9.39. The van der Waals surface area contributed by atoms with Gasteiger partial charge in [-0.2, -0.15) is 0 Å². The molecule has 2 saturated heterocycles. The van der Waals surface area contributed by atoms with E-state index >= 15 is 0 Å². The van der Waals surface area contributed by atoms with Gasteiger partial charge in [-0.15, -0.1) is 0 Å². The monoisotopic (exact) mass is 681 g/mol. The molecule has 46 heavy (non-hydrogen) atoms. The molecular weight excluding hydrogens is 652 g/mol. The molecule has 0 saturated carbocycles. The van der Waals surface area contributed by atoms with Gasteiger partial charge in [0.1, 0.15) is 24.6 Å². The summed E-state index contributed by atoms with van der Waals surface area (Å²) in [5.41, 5.74) is 1.35. The Hall–Kier alpha value is -3.61. The number of imidazole rings is 1. The minimum absolute atomic E-state index is 0.126. The highest BCUT2D eigenvalue weighted by Crippen LogP contribution is 2.55. The molecular formula is C25H29N7O12P2-2. The second-order valence-corrected chi connectivity index (χ2v) is 13.2. The first-order valence-electron chi connectivity index (χ1n) is 13.8. The Balaban J connectivity index is 1.35. The maximum atomic E-state index is 12.4. The number of carbonyl (C=O) groups is 2. The van der Waals surface area contributed by atoms with Crippen LogP contribution < -0.4 is 25.7 Å². The number of aliphatic carboxylic acids is 1. The molecule has 4 heterocycles. The quantitative estimate of drug-likeness (QED) is 0.168. The van der Waals surface area contributed by atoms with E-state index in [9.17, 15) is 28.5 Å². The van der Waals surface area contributed by atoms with Crippen molar-refractivity contribution < 1.29 is 56.7 Å². The van der Waals surface area contributed by atoms with Crippen LogP contribution in [0.4, 0.5) is 10.6 Å². The molecule has 0 bridgehead atoms. The number of carboxylic acid groups (broad SMARTS) is 1. The number of phosphoric acid groups is 1. The minimum Gasteiger partial charge on any atom is -0.777 e. The van der Waals surface area contributed by atoms with E-state index in [0.29, 0.717) is 6.54 Å². The zero-order valence-electron chi connectivity index (χ0n) is 24.0. The van der Waals surface area contributed by atoms with E-state index in [1.54, 1.807) is 19.1 Å². The molecule has 2 amide bonds. The van der Waals surface area contributed by atoms with Crippen LogP contribution in [0.1, 0.15) is 18.7 Å². The maximum Gasteiger partial charge on any atom is 0.320 e. The van der Waals surface area contributed by atoms with Crippen LogP contribution in [-0.2, 0) is 37.0 Å². The fourth-order valence-corrected chi connectivity index (χ4v) is 7.03. The maximum absolute atomic E-state index is 12.4. The van der Waals surface area contributed by atoms with Crippen LogP contribution >= 0.6 is 15.4 Å². The first-order chi connectivity index (χ1) is 21.9. The van der Waals surface area contributed by atoms with Gasteiger partial charge in [0.05, 0.1) is 25.8 Å². The van der Waals surface area contributed by atoms with E-state index in [1.807, 2.05) is 35.6 Å². The summed E-state index contributed by atoms with van der Waals surface area (Å²) < 4.78 is 53.3. The molecule has 3 unspecified atom stereocenters. The summed E-state index contributed by atoms with van der Waals surface area (Å²) in [6, 6.07) is 8.82. The predicted molar refractivity (Wildman–Crippen MR) is 154 cm³/mol. The van der Waals surface area contributed by atoms with Gasteiger partial charge in [-0.05, 0) is 18.6 Å². The summed E-state index contributed by atoms with van der Waals surface area (Å²) in [4.78, 5) is 59.9. The van der Waals surface area contributed by atoms with Gasteiger partial charge in [0.2, 0.25) is 0 Å². The summed E-state index contributed by atoms with van der Waals surface area (Å²) >= 11 is 0. The predicted octanol–water partition coefficient (Wildman–Crippen LogP) is 0.375. The molecule has 4 N–H and O–H groups in total. The number of hydrogen-bond acceptors (Lipinski definition) is 15. The summed E-state index contributed by atoms with van der Waals surface area (Å²) in [6.45, 7) is 0.657. The van der Waals surface area contributed by atoms with E-state index in [2.05, 4.69) is 29.9 Å². The van der Waals surface area contributed by atoms with Gasteiger partial charge in [-0.25, -0.2) is 19.7 Å². The van der Waals surface area contributed by atoms with Gasteiger partial charge in [0.15, 0.2) is 37.1 Å². The lowest BCUT2D eigenvalue weighted by Gasteiger charge is -2.32. The van der Waals surface area contributed by atoms with Gasteiger partial charge in [-0.1, -0.05) is 36.4 Å². The first kappa shape index (κ1) is 33.7. The number of benzene rings is 1. The fraction of sp³-hybridized carbons (Fsp3) is 0.400. The van der Waals surface area contributed by atoms with Crippen LogP contribution in [0.5, 0.6) is 0 Å². The molecule has 1 aromatic carbocycles. The van der Waals surface area contributed by atoms with Gasteiger partial charge in [0, 0.05) is 6.54 Å². The number of carboxylic acids is 1. The Bertz CT molecular complexity index is 1680. The second kappa shape index (κ2) is 14.4. The van der Waals surface area contributed by atoms with Crippen LogP contribution in [0.25, 0.3) is 17.2 Å². The van der Waals surface area contributed by atoms with Crippen molar-refractivity contribution in [3.63, 3.8) is 0 Å². The average Bonchev–Trinajstić information content (AvgIpc) is 3.69. The molecule has 0 spiro atoms. The molecule has 2 fully saturated rings. The zero-order chi connectivity index (χ0) is 32.9. The number of hydrogen-bond donors (Lipinski definition) is 4. The molecule has 2 aliphatic rings. The van der Waals surface area contributed by atoms with E-state index in [1.165, 1.54) is 17.2 Å². The van der Waals surface area contributed by atoms with Crippen LogP contribution in [-0.4, -0.2) is 87.2 Å². The number of urea groups is 1. The summed E-state index contributed by atoms with van der Waals surface area (Å²) in [7, 11) is -10.6. The second-order valence-electron chi connectivity index (χ2n) is 9.85. The Kier molecular flexibility index (Phi) is 10.6. The molecule has 3 aromatic rings. The normalized spacial score (nSPS) is 25.2. The summed E-state index contributed by atoms with van der Waals surface area (Å²) in [5, 5.41) is 15.9. The van der Waals surface area contributed by atoms with E-state index in [-0.39, 0.29) is 17.0 Å². The topological polar surface area (TPSA) is 260 Å². The largest absolute Gasteiger partial charge is 0.777 e. The van der Waals surface area contributed by atoms with Crippen molar-refractivity contribution in [1.29, 1.82) is 0 Å². The standard InChI is InChI=1S/C25H31N7O12P2/c1-2-27-25(35)31-22-19-23(29-12-28-22)32(13-30-19)24-21-20(42-18(43-21)9-8-15-6-4-3-5-7-15)16(41-24)11-40-46(38,39)44-45(36,37)14-26-10-17(33)34/h3-9,12-13,16,18,20-21,24,26H,2,10-11,14H2,1H3,(H,33,34)(H,36,37)(H,38,39)(H2,27,28,29,31,35)/p-2/b9-8+/t16-,18+,20?,21+,24-/m1/s1. The van der Waals surface area contributed by atoms with Crippen molar-refractivity contribution in [3.8, 4) is 0 Å². The van der Waals surface area contributed by atoms with Crippen LogP contribution in [0.2, 0.25) is 0 Å². The Labute approximate surface area is 261 Å². The van der Waals surface area contributed by atoms with Gasteiger partial charge < -0.3 is 43.5 Å². The molecule has 0 radical (unpaired) electrons. The summed E-state index contributed by atoms with van der Waals surface area (Å²) in [6.07, 6.45) is 0.168. The molecule has 19 nitrogen and oxygen atoms in total. The number of phosphoric ester groups is 1. The van der Waals surface area contributed by atoms with Crippen molar-refractivity contribution in [2.75, 3.05) is 31.3 Å². The van der Waals surface area contributed by atoms with E-state index < -0.39 is 77.7 Å². The van der Waals surface area contributed by atoms with Crippen molar-refractivity contribution >= 4 is 50.5 Å². The van der Waals surface area contributed by atoms with Crippen molar-refractivity contribution in [1.82, 2.24) is 30.2 Å². The van der Waals surface area contributed by atoms with Crippen LogP contribution in [0.3, 0.4) is 0 Å². The molecule has 248 valence electrons. The van der Waals surface area contributed by atoms with Gasteiger partial charge in [0.25, 0.3) is 7.82 Å². The smallest absolute Gasteiger partial charge is 0.320 e. The number of aromatic nitrogens is 4. The van der Waals surface area contributed by atoms with Crippen molar-refractivity contribution in [3.05, 3.63) is 54.6 Å². The number of anilines is 1. The molecule has 2 aliphatic heterocycles. The molecule has 2 aromatic heterocycles. The molecule has 7 atom stereocenters. The molecule has 21 heteroatoms. The molecule has 5 rings (SSSR count). The van der Waals surface area contributed by atoms with Crippen molar-refractivity contribution in [2.45, 2.75) is 37.8 Å². The average molecular weight is 681 g/mol. The van der Waals surface area contributed by atoms with Gasteiger partial charge in [-0.3, -0.25) is 28.9 Å². The zero-order valence-corrected chi connectivity index (χ0v) is 25.8. The lowest BCUT2D eigenvalue weighted by atomic mass is 10.1. The number of rotatable bonds is 14. The lowest BCUT2D eigenvalue weighted by molar-refractivity contribution is -0.234. The van der Waals surface area contributed by atoms with E-state index in [0.717, 1.165) is 5.56 Å². The highest BCUT2D eigenvalue weighted by molar-refractivity contribution is 7.62. The highest BCUT2D eigenvalue weighted by Gasteiger charge is 2.53. The lowest BCUT2D eigenvalue weighted by Crippen LogP contribution is -2.32. The van der Waals surface area contributed by atoms with Crippen molar-refractivity contribution in [2.24, 2.45) is 0 Å². The Morgan fingerprint density at radius 2 is 1.87 bits per heavy atom. The number of nitrogens with zero attached hydrogens (tertiary/aromatic N) is 4. The number of amides is 2. The fourth-order valence-electron chi connectivity index (χ4n) is 4.67.